The molecule has 1 unspecified atom stereocenters. The molecule has 86 valence electrons. The number of alkyl halides is 1. The number of anilines is 1. The summed E-state index contributed by atoms with van der Waals surface area (Å²) in [5.74, 6) is 1.22. The molecule has 16 heavy (non-hydrogen) atoms. The quantitative estimate of drug-likeness (QED) is 0.787. The Balaban J connectivity index is 2.24. The number of aromatic nitrogens is 1. The number of nitrogens with zero attached hydrogens (tertiary/aromatic N) is 2. The predicted molar refractivity (Wildman–Crippen MR) is 68.2 cm³/mol. The fourth-order valence-electron chi connectivity index (χ4n) is 1.78. The van der Waals surface area contributed by atoms with Crippen LogP contribution in [-0.2, 0) is 4.79 Å². The van der Waals surface area contributed by atoms with Crippen LogP contribution in [0.15, 0.2) is 12.3 Å². The van der Waals surface area contributed by atoms with Gasteiger partial charge >= 0.3 is 0 Å². The maximum atomic E-state index is 11.8. The largest absolute Gasteiger partial charge is 0.296 e. The van der Waals surface area contributed by atoms with E-state index in [1.165, 1.54) is 0 Å². The Morgan fingerprint density at radius 2 is 2.44 bits per heavy atom. The Kier molecular flexibility index (Phi) is 3.50. The number of rotatable bonds is 2. The fourth-order valence-corrected chi connectivity index (χ4v) is 2.32. The summed E-state index contributed by atoms with van der Waals surface area (Å²) in [7, 11) is 0. The third kappa shape index (κ3) is 2.23. The van der Waals surface area contributed by atoms with Crippen molar-refractivity contribution in [3.63, 3.8) is 0 Å². The SMILES string of the molecule is Cc1cc(N2CC(CBr)CC2=O)ncc1Cl. The maximum absolute atomic E-state index is 11.8. The standard InChI is InChI=1S/C11H12BrClN2O/c1-7-2-10(14-5-9(7)13)15-6-8(4-12)3-11(15)16/h2,5,8H,3-4,6H2,1H3. The number of amides is 1. The number of halogens is 2. The van der Waals surface area contributed by atoms with Gasteiger partial charge in [0.1, 0.15) is 5.82 Å². The summed E-state index contributed by atoms with van der Waals surface area (Å²) in [5.41, 5.74) is 0.946. The molecular formula is C11H12BrClN2O. The van der Waals surface area contributed by atoms with Crippen molar-refractivity contribution in [1.82, 2.24) is 4.98 Å². The molecule has 2 rings (SSSR count). The first-order valence-corrected chi connectivity index (χ1v) is 6.60. The molecule has 0 radical (unpaired) electrons. The lowest BCUT2D eigenvalue weighted by Gasteiger charge is -2.15. The molecule has 0 spiro atoms. The van der Waals surface area contributed by atoms with Crippen LogP contribution in [0.25, 0.3) is 0 Å². The van der Waals surface area contributed by atoms with Crippen molar-refractivity contribution in [1.29, 1.82) is 0 Å². The molecule has 1 fully saturated rings. The van der Waals surface area contributed by atoms with Gasteiger partial charge in [-0.1, -0.05) is 27.5 Å². The first kappa shape index (κ1) is 11.9. The van der Waals surface area contributed by atoms with Gasteiger partial charge in [0.25, 0.3) is 0 Å². The minimum absolute atomic E-state index is 0.138. The monoisotopic (exact) mass is 302 g/mol. The molecule has 2 heterocycles. The lowest BCUT2D eigenvalue weighted by molar-refractivity contribution is -0.117. The van der Waals surface area contributed by atoms with Crippen molar-refractivity contribution in [2.24, 2.45) is 5.92 Å². The number of carbonyl (C=O) groups is 1. The zero-order chi connectivity index (χ0) is 11.7. The van der Waals surface area contributed by atoms with E-state index in [1.54, 1.807) is 11.1 Å². The van der Waals surface area contributed by atoms with Crippen LogP contribution in [0.2, 0.25) is 5.02 Å². The Morgan fingerprint density at radius 1 is 1.69 bits per heavy atom. The Hall–Kier alpha value is -0.610. The van der Waals surface area contributed by atoms with Crippen LogP contribution >= 0.6 is 27.5 Å². The van der Waals surface area contributed by atoms with E-state index in [-0.39, 0.29) is 5.91 Å². The third-order valence-corrected chi connectivity index (χ3v) is 4.04. The van der Waals surface area contributed by atoms with Gasteiger partial charge in [0, 0.05) is 24.5 Å². The molecule has 1 saturated heterocycles. The highest BCUT2D eigenvalue weighted by molar-refractivity contribution is 9.09. The van der Waals surface area contributed by atoms with Gasteiger partial charge in [0.2, 0.25) is 5.91 Å². The highest BCUT2D eigenvalue weighted by atomic mass is 79.9. The molecule has 5 heteroatoms. The normalized spacial score (nSPS) is 20.6. The fraction of sp³-hybridized carbons (Fsp3) is 0.455. The van der Waals surface area contributed by atoms with Gasteiger partial charge in [-0.3, -0.25) is 9.69 Å². The highest BCUT2D eigenvalue weighted by Crippen LogP contribution is 2.26. The van der Waals surface area contributed by atoms with Crippen molar-refractivity contribution in [3.8, 4) is 0 Å². The summed E-state index contributed by atoms with van der Waals surface area (Å²) in [6, 6.07) is 1.86. The van der Waals surface area contributed by atoms with Gasteiger partial charge in [-0.05, 0) is 24.5 Å². The molecule has 1 atom stereocenters. The van der Waals surface area contributed by atoms with E-state index in [4.69, 9.17) is 11.6 Å². The second-order valence-corrected chi connectivity index (χ2v) is 5.08. The summed E-state index contributed by atoms with van der Waals surface area (Å²) >= 11 is 9.32. The molecule has 3 nitrogen and oxygen atoms in total. The van der Waals surface area contributed by atoms with E-state index >= 15 is 0 Å². The lowest BCUT2D eigenvalue weighted by Crippen LogP contribution is -2.25. The average Bonchev–Trinajstić information content (AvgIpc) is 2.64. The van der Waals surface area contributed by atoms with Gasteiger partial charge in [0.15, 0.2) is 0 Å². The van der Waals surface area contributed by atoms with Crippen LogP contribution in [0.5, 0.6) is 0 Å². The van der Waals surface area contributed by atoms with Crippen LogP contribution in [-0.4, -0.2) is 22.8 Å². The van der Waals surface area contributed by atoms with E-state index in [0.29, 0.717) is 23.2 Å². The van der Waals surface area contributed by atoms with Crippen LogP contribution < -0.4 is 4.90 Å². The van der Waals surface area contributed by atoms with Crippen LogP contribution in [0, 0.1) is 12.8 Å². The Bertz CT molecular complexity index is 424. The molecule has 1 aromatic heterocycles. The molecule has 0 saturated carbocycles. The summed E-state index contributed by atoms with van der Waals surface area (Å²) in [6.45, 7) is 2.65. The summed E-state index contributed by atoms with van der Waals surface area (Å²) < 4.78 is 0. The molecule has 1 aliphatic rings. The van der Waals surface area contributed by atoms with Crippen molar-refractivity contribution >= 4 is 39.3 Å². The van der Waals surface area contributed by atoms with Crippen molar-refractivity contribution < 1.29 is 4.79 Å². The summed E-state index contributed by atoms with van der Waals surface area (Å²) in [6.07, 6.45) is 2.19. The Labute approximate surface area is 108 Å². The molecule has 0 aromatic carbocycles. The molecule has 0 aliphatic carbocycles. The van der Waals surface area contributed by atoms with E-state index in [9.17, 15) is 4.79 Å². The number of hydrogen-bond donors (Lipinski definition) is 0. The number of carbonyl (C=O) groups excluding carboxylic acids is 1. The van der Waals surface area contributed by atoms with Gasteiger partial charge in [-0.15, -0.1) is 0 Å². The molecule has 1 aliphatic heterocycles. The first-order valence-electron chi connectivity index (χ1n) is 5.10. The summed E-state index contributed by atoms with van der Waals surface area (Å²) in [5, 5.41) is 1.48. The second kappa shape index (κ2) is 4.72. The van der Waals surface area contributed by atoms with Gasteiger partial charge in [0.05, 0.1) is 5.02 Å². The van der Waals surface area contributed by atoms with E-state index < -0.39 is 0 Å². The van der Waals surface area contributed by atoms with E-state index in [2.05, 4.69) is 20.9 Å². The Morgan fingerprint density at radius 3 is 3.00 bits per heavy atom. The zero-order valence-electron chi connectivity index (χ0n) is 8.91. The maximum Gasteiger partial charge on any atom is 0.228 e. The first-order chi connectivity index (χ1) is 7.61. The number of hydrogen-bond acceptors (Lipinski definition) is 2. The highest BCUT2D eigenvalue weighted by Gasteiger charge is 2.30. The lowest BCUT2D eigenvalue weighted by atomic mass is 10.2. The molecule has 0 bridgehead atoms. The van der Waals surface area contributed by atoms with Crippen molar-refractivity contribution in [2.45, 2.75) is 13.3 Å². The van der Waals surface area contributed by atoms with E-state index in [1.807, 2.05) is 13.0 Å². The molecule has 1 amide bonds. The summed E-state index contributed by atoms with van der Waals surface area (Å²) in [4.78, 5) is 17.7. The topological polar surface area (TPSA) is 33.2 Å². The van der Waals surface area contributed by atoms with Crippen molar-refractivity contribution in [3.05, 3.63) is 22.8 Å². The molecular weight excluding hydrogens is 291 g/mol. The average molecular weight is 304 g/mol. The van der Waals surface area contributed by atoms with Crippen LogP contribution in [0.1, 0.15) is 12.0 Å². The second-order valence-electron chi connectivity index (χ2n) is 4.02. The van der Waals surface area contributed by atoms with Gasteiger partial charge < -0.3 is 0 Å². The van der Waals surface area contributed by atoms with Crippen LogP contribution in [0.3, 0.4) is 0 Å². The smallest absolute Gasteiger partial charge is 0.228 e. The molecule has 0 N–H and O–H groups in total. The third-order valence-electron chi connectivity index (χ3n) is 2.73. The number of pyridine rings is 1. The molecule has 1 aromatic rings. The number of aryl methyl sites for hydroxylation is 1. The zero-order valence-corrected chi connectivity index (χ0v) is 11.3. The van der Waals surface area contributed by atoms with Crippen molar-refractivity contribution in [2.75, 3.05) is 16.8 Å². The van der Waals surface area contributed by atoms with Gasteiger partial charge in [-0.25, -0.2) is 4.98 Å². The van der Waals surface area contributed by atoms with E-state index in [0.717, 1.165) is 17.4 Å². The minimum atomic E-state index is 0.138. The predicted octanol–water partition coefficient (Wildman–Crippen LogP) is 2.79. The minimum Gasteiger partial charge on any atom is -0.296 e. The van der Waals surface area contributed by atoms with Crippen LogP contribution in [0.4, 0.5) is 5.82 Å². The van der Waals surface area contributed by atoms with Gasteiger partial charge in [-0.2, -0.15) is 0 Å².